The molecule has 1 rings (SSSR count). The molecule has 3 nitrogen and oxygen atoms in total. The van der Waals surface area contributed by atoms with Crippen molar-refractivity contribution in [2.24, 2.45) is 5.16 Å². The lowest BCUT2D eigenvalue weighted by molar-refractivity contribution is 0.154. The summed E-state index contributed by atoms with van der Waals surface area (Å²) in [6, 6.07) is 0. The van der Waals surface area contributed by atoms with E-state index in [0.29, 0.717) is 18.7 Å². The van der Waals surface area contributed by atoms with Gasteiger partial charge in [-0.15, -0.1) is 0 Å². The van der Waals surface area contributed by atoms with Crippen molar-refractivity contribution in [1.82, 2.24) is 0 Å². The molecule has 1 unspecified atom stereocenters. The Morgan fingerprint density at radius 1 is 1.90 bits per heavy atom. The summed E-state index contributed by atoms with van der Waals surface area (Å²) in [6.45, 7) is -0.442. The Kier molecular flexibility index (Phi) is 2.48. The number of rotatable bonds is 2. The molecule has 10 heavy (non-hydrogen) atoms. The van der Waals surface area contributed by atoms with Gasteiger partial charge in [-0.1, -0.05) is 5.16 Å². The fraction of sp³-hybridized carbons (Fsp3) is 0.833. The first kappa shape index (κ1) is 7.31. The minimum Gasteiger partial charge on any atom is -0.473 e. The van der Waals surface area contributed by atoms with Gasteiger partial charge in [0.2, 0.25) is 5.90 Å². The Bertz CT molecular complexity index is 138. The van der Waals surface area contributed by atoms with Crippen molar-refractivity contribution >= 4 is 5.90 Å². The Labute approximate surface area is 58.8 Å². The molecule has 0 amide bonds. The monoisotopic (exact) mass is 147 g/mol. The molecular formula is C6H10FNO2. The maximum absolute atomic E-state index is 11.9. The van der Waals surface area contributed by atoms with Crippen LogP contribution in [0.15, 0.2) is 5.16 Å². The first-order valence-electron chi connectivity index (χ1n) is 3.19. The SMILES string of the molecule is CO/N=C1/CCC(CF)O1. The van der Waals surface area contributed by atoms with Gasteiger partial charge in [-0.2, -0.15) is 0 Å². The van der Waals surface area contributed by atoms with Crippen LogP contribution in [-0.2, 0) is 9.57 Å². The second kappa shape index (κ2) is 3.39. The highest BCUT2D eigenvalue weighted by Crippen LogP contribution is 2.15. The minimum atomic E-state index is -0.442. The van der Waals surface area contributed by atoms with Gasteiger partial charge in [-0.05, 0) is 6.42 Å². The van der Waals surface area contributed by atoms with Crippen LogP contribution >= 0.6 is 0 Å². The van der Waals surface area contributed by atoms with E-state index in [9.17, 15) is 4.39 Å². The molecule has 0 spiro atoms. The quantitative estimate of drug-likeness (QED) is 0.547. The predicted octanol–water partition coefficient (Wildman–Crippen LogP) is 1.09. The smallest absolute Gasteiger partial charge is 0.226 e. The fourth-order valence-corrected chi connectivity index (χ4v) is 0.872. The molecule has 0 aliphatic carbocycles. The standard InChI is InChI=1S/C6H10FNO2/c1-9-8-6-3-2-5(4-7)10-6/h5H,2-4H2,1H3/b8-6-. The zero-order valence-electron chi connectivity index (χ0n) is 5.84. The number of halogens is 1. The van der Waals surface area contributed by atoms with Crippen LogP contribution in [0.5, 0.6) is 0 Å². The number of hydrogen-bond acceptors (Lipinski definition) is 3. The average molecular weight is 147 g/mol. The zero-order chi connectivity index (χ0) is 7.40. The lowest BCUT2D eigenvalue weighted by atomic mass is 10.2. The lowest BCUT2D eigenvalue weighted by Gasteiger charge is -2.02. The van der Waals surface area contributed by atoms with Crippen LogP contribution in [0.4, 0.5) is 4.39 Å². The van der Waals surface area contributed by atoms with E-state index in [1.54, 1.807) is 0 Å². The van der Waals surface area contributed by atoms with Crippen molar-refractivity contribution in [2.45, 2.75) is 18.9 Å². The van der Waals surface area contributed by atoms with Gasteiger partial charge in [0, 0.05) is 6.42 Å². The summed E-state index contributed by atoms with van der Waals surface area (Å²) in [6.07, 6.45) is 1.09. The molecule has 0 bridgehead atoms. The predicted molar refractivity (Wildman–Crippen MR) is 34.5 cm³/mol. The topological polar surface area (TPSA) is 30.8 Å². The summed E-state index contributed by atoms with van der Waals surface area (Å²) in [5.74, 6) is 0.505. The summed E-state index contributed by atoms with van der Waals surface area (Å²) >= 11 is 0. The third-order valence-corrected chi connectivity index (χ3v) is 1.35. The highest BCUT2D eigenvalue weighted by molar-refractivity contribution is 5.77. The van der Waals surface area contributed by atoms with E-state index in [0.717, 1.165) is 0 Å². The molecule has 0 N–H and O–H groups in total. The van der Waals surface area contributed by atoms with Crippen molar-refractivity contribution < 1.29 is 14.0 Å². The van der Waals surface area contributed by atoms with E-state index in [-0.39, 0.29) is 6.10 Å². The Morgan fingerprint density at radius 2 is 2.70 bits per heavy atom. The summed E-state index contributed by atoms with van der Waals surface area (Å²) in [7, 11) is 1.44. The van der Waals surface area contributed by atoms with Crippen molar-refractivity contribution in [3.05, 3.63) is 0 Å². The molecule has 1 fully saturated rings. The van der Waals surface area contributed by atoms with Crippen molar-refractivity contribution in [1.29, 1.82) is 0 Å². The average Bonchev–Trinajstić information content (AvgIpc) is 2.37. The molecule has 0 aromatic heterocycles. The number of oxime groups is 1. The van der Waals surface area contributed by atoms with Crippen molar-refractivity contribution in [3.63, 3.8) is 0 Å². The lowest BCUT2D eigenvalue weighted by Crippen LogP contribution is -2.08. The van der Waals surface area contributed by atoms with Gasteiger partial charge in [0.25, 0.3) is 0 Å². The van der Waals surface area contributed by atoms with E-state index in [1.165, 1.54) is 7.11 Å². The Morgan fingerprint density at radius 3 is 3.20 bits per heavy atom. The van der Waals surface area contributed by atoms with E-state index in [4.69, 9.17) is 4.74 Å². The normalized spacial score (nSPS) is 28.6. The number of ether oxygens (including phenoxy) is 1. The van der Waals surface area contributed by atoms with Crippen molar-refractivity contribution in [3.8, 4) is 0 Å². The Hall–Kier alpha value is -0.800. The van der Waals surface area contributed by atoms with Gasteiger partial charge in [0.1, 0.15) is 19.9 Å². The van der Waals surface area contributed by atoms with Crippen molar-refractivity contribution in [2.75, 3.05) is 13.8 Å². The van der Waals surface area contributed by atoms with Gasteiger partial charge in [0.15, 0.2) is 0 Å². The van der Waals surface area contributed by atoms with E-state index in [2.05, 4.69) is 9.99 Å². The summed E-state index contributed by atoms with van der Waals surface area (Å²) in [5, 5.41) is 3.55. The molecule has 1 aliphatic rings. The van der Waals surface area contributed by atoms with Gasteiger partial charge in [-0.3, -0.25) is 0 Å². The molecule has 0 aromatic carbocycles. The molecule has 0 radical (unpaired) electrons. The van der Waals surface area contributed by atoms with Crippen LogP contribution in [-0.4, -0.2) is 25.8 Å². The van der Waals surface area contributed by atoms with Crippen LogP contribution in [0.1, 0.15) is 12.8 Å². The van der Waals surface area contributed by atoms with E-state index in [1.807, 2.05) is 0 Å². The molecule has 1 heterocycles. The summed E-state index contributed by atoms with van der Waals surface area (Å²) in [4.78, 5) is 4.46. The minimum absolute atomic E-state index is 0.297. The van der Waals surface area contributed by atoms with Gasteiger partial charge >= 0.3 is 0 Å². The summed E-state index contributed by atoms with van der Waals surface area (Å²) < 4.78 is 16.9. The molecule has 0 saturated carbocycles. The van der Waals surface area contributed by atoms with Gasteiger partial charge < -0.3 is 9.57 Å². The molecule has 1 atom stereocenters. The largest absolute Gasteiger partial charge is 0.473 e. The Balaban J connectivity index is 2.35. The summed E-state index contributed by atoms with van der Waals surface area (Å²) in [5.41, 5.74) is 0. The second-order valence-electron chi connectivity index (χ2n) is 2.10. The number of nitrogens with zero attached hydrogens (tertiary/aromatic N) is 1. The molecule has 58 valence electrons. The third kappa shape index (κ3) is 1.59. The van der Waals surface area contributed by atoms with Gasteiger partial charge in [-0.25, -0.2) is 4.39 Å². The van der Waals surface area contributed by atoms with Crippen LogP contribution in [0.25, 0.3) is 0 Å². The first-order chi connectivity index (χ1) is 4.86. The highest BCUT2D eigenvalue weighted by atomic mass is 19.1. The molecule has 0 aromatic rings. The van der Waals surface area contributed by atoms with Crippen LogP contribution in [0.3, 0.4) is 0 Å². The first-order valence-corrected chi connectivity index (χ1v) is 3.19. The van der Waals surface area contributed by atoms with Crippen LogP contribution in [0, 0.1) is 0 Å². The molecular weight excluding hydrogens is 137 g/mol. The van der Waals surface area contributed by atoms with E-state index < -0.39 is 6.67 Å². The molecule has 1 saturated heterocycles. The highest BCUT2D eigenvalue weighted by Gasteiger charge is 2.21. The maximum Gasteiger partial charge on any atom is 0.226 e. The molecule has 4 heteroatoms. The second-order valence-corrected chi connectivity index (χ2v) is 2.10. The van der Waals surface area contributed by atoms with Crippen LogP contribution in [0.2, 0.25) is 0 Å². The van der Waals surface area contributed by atoms with Gasteiger partial charge in [0.05, 0.1) is 0 Å². The zero-order valence-corrected chi connectivity index (χ0v) is 5.84. The maximum atomic E-state index is 11.9. The third-order valence-electron chi connectivity index (χ3n) is 1.35. The fourth-order valence-electron chi connectivity index (χ4n) is 0.872. The molecule has 1 aliphatic heterocycles. The number of alkyl halides is 1. The van der Waals surface area contributed by atoms with Crippen LogP contribution < -0.4 is 0 Å². The number of hydrogen-bond donors (Lipinski definition) is 0. The van der Waals surface area contributed by atoms with E-state index >= 15 is 0 Å².